The summed E-state index contributed by atoms with van der Waals surface area (Å²) in [5.74, 6) is -0.345. The number of nitrogens with zero attached hydrogens (tertiary/aromatic N) is 1. The molecule has 1 N–H and O–H groups in total. The van der Waals surface area contributed by atoms with Crippen molar-refractivity contribution in [3.63, 3.8) is 0 Å². The van der Waals surface area contributed by atoms with Gasteiger partial charge in [0.2, 0.25) is 0 Å². The van der Waals surface area contributed by atoms with Gasteiger partial charge in [0, 0.05) is 12.1 Å². The van der Waals surface area contributed by atoms with Crippen LogP contribution in [-0.4, -0.2) is 30.8 Å². The lowest BCUT2D eigenvalue weighted by molar-refractivity contribution is -0.385. The summed E-state index contributed by atoms with van der Waals surface area (Å²) in [7, 11) is -3.67. The molecule has 0 fully saturated rings. The van der Waals surface area contributed by atoms with Crippen molar-refractivity contribution in [1.29, 1.82) is 0 Å². The Labute approximate surface area is 127 Å². The molecule has 1 atom stereocenters. The number of sulfone groups is 1. The fraction of sp³-hybridized carbons (Fsp3) is 0.462. The summed E-state index contributed by atoms with van der Waals surface area (Å²) in [6, 6.07) is 2.79. The topological polar surface area (TPSA) is 116 Å². The van der Waals surface area contributed by atoms with Gasteiger partial charge in [0.15, 0.2) is 9.84 Å². The first-order chi connectivity index (χ1) is 9.99. The van der Waals surface area contributed by atoms with Crippen LogP contribution in [0.5, 0.6) is 0 Å². The Kier molecular flexibility index (Phi) is 3.86. The molecule has 8 nitrogen and oxygen atoms in total. The number of ether oxygens (including phenoxy) is 1. The van der Waals surface area contributed by atoms with Gasteiger partial charge in [-0.05, 0) is 32.4 Å². The maximum atomic E-state index is 12.1. The SMILES string of the molecule is CC(C)(C)OC(=O)NC1CS(=O)(=O)c2cc([N+](=O)[O-])ccc21. The largest absolute Gasteiger partial charge is 0.444 e. The highest BCUT2D eigenvalue weighted by Gasteiger charge is 2.37. The van der Waals surface area contributed by atoms with Gasteiger partial charge in [-0.3, -0.25) is 10.1 Å². The van der Waals surface area contributed by atoms with Crippen LogP contribution in [0.25, 0.3) is 0 Å². The number of hydrogen-bond donors (Lipinski definition) is 1. The van der Waals surface area contributed by atoms with E-state index in [4.69, 9.17) is 4.74 Å². The molecule has 1 aliphatic heterocycles. The quantitative estimate of drug-likeness (QED) is 0.655. The van der Waals surface area contributed by atoms with Gasteiger partial charge >= 0.3 is 6.09 Å². The molecule has 0 spiro atoms. The first kappa shape index (κ1) is 16.2. The number of nitrogens with one attached hydrogen (secondary N) is 1. The lowest BCUT2D eigenvalue weighted by Crippen LogP contribution is -2.35. The predicted molar refractivity (Wildman–Crippen MR) is 77.3 cm³/mol. The highest BCUT2D eigenvalue weighted by Crippen LogP contribution is 2.35. The average molecular weight is 328 g/mol. The van der Waals surface area contributed by atoms with E-state index in [2.05, 4.69) is 5.32 Å². The summed E-state index contributed by atoms with van der Waals surface area (Å²) in [5.41, 5.74) is -0.684. The number of hydrogen-bond acceptors (Lipinski definition) is 6. The maximum Gasteiger partial charge on any atom is 0.408 e. The standard InChI is InChI=1S/C13H16N2O6S/c1-13(2,3)21-12(16)14-10-7-22(19,20)11-6-8(15(17)18)4-5-9(10)11/h4-6,10H,7H2,1-3H3,(H,14,16). The number of nitro benzene ring substituents is 1. The predicted octanol–water partition coefficient (Wildman–Crippen LogP) is 1.95. The molecule has 0 bridgehead atoms. The number of fused-ring (bicyclic) bond motifs is 1. The zero-order chi connectivity index (χ0) is 16.7. The summed E-state index contributed by atoms with van der Waals surface area (Å²) < 4.78 is 29.3. The van der Waals surface area contributed by atoms with Crippen molar-refractivity contribution in [2.24, 2.45) is 0 Å². The number of amides is 1. The van der Waals surface area contributed by atoms with Crippen molar-refractivity contribution in [2.75, 3.05) is 5.75 Å². The lowest BCUT2D eigenvalue weighted by Gasteiger charge is -2.21. The van der Waals surface area contributed by atoms with E-state index in [9.17, 15) is 23.3 Å². The van der Waals surface area contributed by atoms with E-state index in [1.165, 1.54) is 12.1 Å². The molecule has 9 heteroatoms. The van der Waals surface area contributed by atoms with Crippen LogP contribution in [-0.2, 0) is 14.6 Å². The average Bonchev–Trinajstić information content (AvgIpc) is 2.58. The molecule has 1 aromatic rings. The summed E-state index contributed by atoms with van der Waals surface area (Å²) in [4.78, 5) is 21.7. The second-order valence-electron chi connectivity index (χ2n) is 5.96. The smallest absolute Gasteiger partial charge is 0.408 e. The Morgan fingerprint density at radius 2 is 2.05 bits per heavy atom. The molecule has 0 aliphatic carbocycles. The molecular formula is C13H16N2O6S. The molecule has 1 aliphatic rings. The molecule has 120 valence electrons. The van der Waals surface area contributed by atoms with E-state index in [1.807, 2.05) is 0 Å². The Hall–Kier alpha value is -2.16. The van der Waals surface area contributed by atoms with Crippen LogP contribution in [0.4, 0.5) is 10.5 Å². The van der Waals surface area contributed by atoms with Crippen molar-refractivity contribution in [3.8, 4) is 0 Å². The van der Waals surface area contributed by atoms with Gasteiger partial charge in [-0.15, -0.1) is 0 Å². The molecule has 22 heavy (non-hydrogen) atoms. The fourth-order valence-electron chi connectivity index (χ4n) is 2.16. The monoisotopic (exact) mass is 328 g/mol. The third kappa shape index (κ3) is 3.35. The molecule has 0 aromatic heterocycles. The molecule has 2 rings (SSSR count). The summed E-state index contributed by atoms with van der Waals surface area (Å²) in [6.45, 7) is 5.07. The van der Waals surface area contributed by atoms with Crippen molar-refractivity contribution in [1.82, 2.24) is 5.32 Å². The number of alkyl carbamates (subject to hydrolysis) is 1. The number of carbonyl (C=O) groups is 1. The van der Waals surface area contributed by atoms with E-state index in [0.29, 0.717) is 5.56 Å². The third-order valence-corrected chi connectivity index (χ3v) is 4.79. The summed E-state index contributed by atoms with van der Waals surface area (Å²) >= 11 is 0. The Bertz CT molecular complexity index is 735. The molecular weight excluding hydrogens is 312 g/mol. The first-order valence-corrected chi connectivity index (χ1v) is 8.15. The molecule has 0 radical (unpaired) electrons. The second kappa shape index (κ2) is 5.24. The third-order valence-electron chi connectivity index (χ3n) is 3.00. The molecule has 1 aromatic carbocycles. The van der Waals surface area contributed by atoms with Crippen molar-refractivity contribution >= 4 is 21.6 Å². The van der Waals surface area contributed by atoms with E-state index < -0.39 is 32.5 Å². The summed E-state index contributed by atoms with van der Waals surface area (Å²) in [6.07, 6.45) is -0.737. The first-order valence-electron chi connectivity index (χ1n) is 6.50. The van der Waals surface area contributed by atoms with E-state index in [0.717, 1.165) is 6.07 Å². The second-order valence-corrected chi connectivity index (χ2v) is 7.96. The van der Waals surface area contributed by atoms with Gasteiger partial charge in [-0.2, -0.15) is 0 Å². The van der Waals surface area contributed by atoms with E-state index >= 15 is 0 Å². The summed E-state index contributed by atoms with van der Waals surface area (Å²) in [5, 5.41) is 13.2. The molecule has 0 saturated heterocycles. The Morgan fingerprint density at radius 1 is 1.41 bits per heavy atom. The number of non-ortho nitro benzene ring substituents is 1. The fourth-order valence-corrected chi connectivity index (χ4v) is 3.91. The number of benzene rings is 1. The van der Waals surface area contributed by atoms with E-state index in [1.54, 1.807) is 20.8 Å². The van der Waals surface area contributed by atoms with Gasteiger partial charge in [-0.1, -0.05) is 0 Å². The van der Waals surface area contributed by atoms with Crippen molar-refractivity contribution < 1.29 is 22.9 Å². The normalized spacial score (nSPS) is 19.3. The highest BCUT2D eigenvalue weighted by atomic mass is 32.2. The van der Waals surface area contributed by atoms with Crippen LogP contribution in [0, 0.1) is 10.1 Å². The minimum atomic E-state index is -3.67. The van der Waals surface area contributed by atoms with Gasteiger partial charge in [0.05, 0.1) is 21.6 Å². The van der Waals surface area contributed by atoms with Gasteiger partial charge in [0.25, 0.3) is 5.69 Å². The van der Waals surface area contributed by atoms with Crippen LogP contribution < -0.4 is 5.32 Å². The maximum absolute atomic E-state index is 12.1. The van der Waals surface area contributed by atoms with Crippen LogP contribution >= 0.6 is 0 Å². The van der Waals surface area contributed by atoms with Crippen LogP contribution in [0.3, 0.4) is 0 Å². The Morgan fingerprint density at radius 3 is 2.59 bits per heavy atom. The minimum absolute atomic E-state index is 0.122. The van der Waals surface area contributed by atoms with Crippen LogP contribution in [0.2, 0.25) is 0 Å². The van der Waals surface area contributed by atoms with Gasteiger partial charge < -0.3 is 10.1 Å². The number of rotatable bonds is 2. The molecule has 1 heterocycles. The highest BCUT2D eigenvalue weighted by molar-refractivity contribution is 7.91. The molecule has 1 amide bonds. The lowest BCUT2D eigenvalue weighted by atomic mass is 10.1. The Balaban J connectivity index is 2.30. The zero-order valence-corrected chi connectivity index (χ0v) is 13.1. The van der Waals surface area contributed by atoms with Crippen LogP contribution in [0.1, 0.15) is 32.4 Å². The van der Waals surface area contributed by atoms with Gasteiger partial charge in [-0.25, -0.2) is 13.2 Å². The number of nitro groups is 1. The molecule has 1 unspecified atom stereocenters. The van der Waals surface area contributed by atoms with Gasteiger partial charge in [0.1, 0.15) is 5.60 Å². The number of carbonyl (C=O) groups excluding carboxylic acids is 1. The van der Waals surface area contributed by atoms with Crippen molar-refractivity contribution in [3.05, 3.63) is 33.9 Å². The zero-order valence-electron chi connectivity index (χ0n) is 12.3. The van der Waals surface area contributed by atoms with E-state index in [-0.39, 0.29) is 16.3 Å². The minimum Gasteiger partial charge on any atom is -0.444 e. The van der Waals surface area contributed by atoms with Crippen molar-refractivity contribution in [2.45, 2.75) is 37.3 Å². The van der Waals surface area contributed by atoms with Crippen LogP contribution in [0.15, 0.2) is 23.1 Å². The molecule has 0 saturated carbocycles.